The van der Waals surface area contributed by atoms with Crippen LogP contribution in [0.3, 0.4) is 0 Å². The molecule has 0 aliphatic heterocycles. The third kappa shape index (κ3) is 3.23. The van der Waals surface area contributed by atoms with Crippen LogP contribution in [0.1, 0.15) is 11.3 Å². The summed E-state index contributed by atoms with van der Waals surface area (Å²) in [5.41, 5.74) is 1.84. The normalized spacial score (nSPS) is 11.8. The van der Waals surface area contributed by atoms with Crippen LogP contribution in [0, 0.1) is 5.82 Å². The summed E-state index contributed by atoms with van der Waals surface area (Å²) < 4.78 is 14.8. The summed E-state index contributed by atoms with van der Waals surface area (Å²) in [4.78, 5) is 0. The van der Waals surface area contributed by atoms with Gasteiger partial charge in [-0.3, -0.25) is 4.68 Å². The molecule has 3 nitrogen and oxygen atoms in total. The van der Waals surface area contributed by atoms with Crippen molar-refractivity contribution in [3.05, 3.63) is 47.5 Å². The van der Waals surface area contributed by atoms with Crippen LogP contribution in [0.2, 0.25) is 0 Å². The standard InChI is InChI=1S/C13H14Br2FN3/c1-19-7-12(17-18-19)6-13(8-14,9-15)10-2-4-11(16)5-3-10/h2-5,7H,6,8-9H2,1H3. The third-order valence-electron chi connectivity index (χ3n) is 3.14. The average Bonchev–Trinajstić information content (AvgIpc) is 2.82. The van der Waals surface area contributed by atoms with Gasteiger partial charge in [0.2, 0.25) is 0 Å². The zero-order valence-corrected chi connectivity index (χ0v) is 13.7. The number of alkyl halides is 2. The first-order valence-electron chi connectivity index (χ1n) is 5.83. The lowest BCUT2D eigenvalue weighted by Gasteiger charge is -2.29. The Morgan fingerprint density at radius 3 is 2.32 bits per heavy atom. The van der Waals surface area contributed by atoms with Crippen LogP contribution < -0.4 is 0 Å². The van der Waals surface area contributed by atoms with Crippen molar-refractivity contribution in [1.29, 1.82) is 0 Å². The van der Waals surface area contributed by atoms with Gasteiger partial charge in [0.15, 0.2) is 0 Å². The summed E-state index contributed by atoms with van der Waals surface area (Å²) in [6.07, 6.45) is 2.65. The molecule has 0 spiro atoms. The second-order valence-corrected chi connectivity index (χ2v) is 5.74. The molecular formula is C13H14Br2FN3. The molecule has 2 rings (SSSR count). The Balaban J connectivity index is 2.33. The summed E-state index contributed by atoms with van der Waals surface area (Å²) in [6, 6.07) is 6.64. The van der Waals surface area contributed by atoms with Gasteiger partial charge < -0.3 is 0 Å². The lowest BCUT2D eigenvalue weighted by Crippen LogP contribution is -2.33. The van der Waals surface area contributed by atoms with E-state index in [9.17, 15) is 4.39 Å². The maximum atomic E-state index is 13.1. The second-order valence-electron chi connectivity index (χ2n) is 4.61. The third-order valence-corrected chi connectivity index (χ3v) is 5.28. The Labute approximate surface area is 128 Å². The molecule has 2 aromatic rings. The van der Waals surface area contributed by atoms with Crippen molar-refractivity contribution in [3.63, 3.8) is 0 Å². The highest BCUT2D eigenvalue weighted by molar-refractivity contribution is 9.09. The maximum Gasteiger partial charge on any atom is 0.123 e. The number of benzene rings is 1. The highest BCUT2D eigenvalue weighted by Crippen LogP contribution is 2.32. The zero-order valence-electron chi connectivity index (χ0n) is 10.5. The van der Waals surface area contributed by atoms with E-state index in [0.717, 1.165) is 28.3 Å². The van der Waals surface area contributed by atoms with E-state index < -0.39 is 0 Å². The number of nitrogens with zero attached hydrogens (tertiary/aromatic N) is 3. The minimum atomic E-state index is -0.221. The van der Waals surface area contributed by atoms with Gasteiger partial charge >= 0.3 is 0 Å². The topological polar surface area (TPSA) is 30.7 Å². The monoisotopic (exact) mass is 389 g/mol. The van der Waals surface area contributed by atoms with Crippen molar-refractivity contribution in [1.82, 2.24) is 15.0 Å². The molecule has 0 amide bonds. The van der Waals surface area contributed by atoms with Gasteiger partial charge in [-0.15, -0.1) is 5.10 Å². The fraction of sp³-hybridized carbons (Fsp3) is 0.385. The van der Waals surface area contributed by atoms with Crippen molar-refractivity contribution in [2.75, 3.05) is 10.7 Å². The first-order valence-corrected chi connectivity index (χ1v) is 8.07. The lowest BCUT2D eigenvalue weighted by molar-refractivity contribution is 0.539. The predicted octanol–water partition coefficient (Wildman–Crippen LogP) is 3.22. The first-order chi connectivity index (χ1) is 9.09. The molecule has 0 bridgehead atoms. The molecule has 0 radical (unpaired) electrons. The Morgan fingerprint density at radius 2 is 1.84 bits per heavy atom. The van der Waals surface area contributed by atoms with E-state index in [1.54, 1.807) is 4.68 Å². The van der Waals surface area contributed by atoms with Gasteiger partial charge in [-0.05, 0) is 17.7 Å². The average molecular weight is 391 g/mol. The van der Waals surface area contributed by atoms with E-state index in [2.05, 4.69) is 42.2 Å². The van der Waals surface area contributed by atoms with Gasteiger partial charge in [0.05, 0.1) is 5.69 Å². The van der Waals surface area contributed by atoms with Crippen LogP contribution in [0.25, 0.3) is 0 Å². The molecular weight excluding hydrogens is 377 g/mol. The van der Waals surface area contributed by atoms with E-state index in [-0.39, 0.29) is 11.2 Å². The fourth-order valence-electron chi connectivity index (χ4n) is 2.01. The van der Waals surface area contributed by atoms with Crippen molar-refractivity contribution < 1.29 is 4.39 Å². The minimum absolute atomic E-state index is 0.163. The molecule has 0 N–H and O–H groups in total. The van der Waals surface area contributed by atoms with Crippen LogP contribution in [-0.2, 0) is 18.9 Å². The molecule has 19 heavy (non-hydrogen) atoms. The Hall–Kier alpha value is -0.750. The summed E-state index contributed by atoms with van der Waals surface area (Å²) >= 11 is 7.15. The largest absolute Gasteiger partial charge is 0.255 e. The van der Waals surface area contributed by atoms with E-state index in [1.807, 2.05) is 25.4 Å². The second kappa shape index (κ2) is 6.13. The van der Waals surface area contributed by atoms with Gasteiger partial charge in [-0.2, -0.15) is 0 Å². The molecule has 0 aliphatic carbocycles. The first kappa shape index (κ1) is 14.7. The van der Waals surface area contributed by atoms with Crippen LogP contribution in [0.15, 0.2) is 30.5 Å². The molecule has 6 heteroatoms. The summed E-state index contributed by atoms with van der Waals surface area (Å²) in [5.74, 6) is -0.221. The quantitative estimate of drug-likeness (QED) is 0.734. The SMILES string of the molecule is Cn1cc(CC(CBr)(CBr)c2ccc(F)cc2)nn1. The van der Waals surface area contributed by atoms with Crippen molar-refractivity contribution >= 4 is 31.9 Å². The van der Waals surface area contributed by atoms with Gasteiger partial charge in [0.1, 0.15) is 5.82 Å². The summed E-state index contributed by atoms with van der Waals surface area (Å²) in [5, 5.41) is 9.60. The van der Waals surface area contributed by atoms with E-state index in [0.29, 0.717) is 0 Å². The molecule has 1 aromatic heterocycles. The number of hydrogen-bond acceptors (Lipinski definition) is 2. The fourth-order valence-corrected chi connectivity index (χ4v) is 3.99. The maximum absolute atomic E-state index is 13.1. The highest BCUT2D eigenvalue weighted by Gasteiger charge is 2.31. The van der Waals surface area contributed by atoms with Crippen LogP contribution in [-0.4, -0.2) is 25.7 Å². The number of halogens is 3. The Bertz CT molecular complexity index is 535. The number of hydrogen-bond donors (Lipinski definition) is 0. The van der Waals surface area contributed by atoms with E-state index >= 15 is 0 Å². The van der Waals surface area contributed by atoms with Crippen LogP contribution in [0.5, 0.6) is 0 Å². The lowest BCUT2D eigenvalue weighted by atomic mass is 9.80. The molecule has 0 unspecified atom stereocenters. The van der Waals surface area contributed by atoms with Crippen LogP contribution >= 0.6 is 31.9 Å². The predicted molar refractivity (Wildman–Crippen MR) is 80.4 cm³/mol. The number of rotatable bonds is 5. The summed E-state index contributed by atoms with van der Waals surface area (Å²) in [6.45, 7) is 0. The number of aryl methyl sites for hydroxylation is 1. The molecule has 0 fully saturated rings. The molecule has 0 saturated carbocycles. The molecule has 0 aliphatic rings. The van der Waals surface area contributed by atoms with Crippen molar-refractivity contribution in [3.8, 4) is 0 Å². The van der Waals surface area contributed by atoms with E-state index in [4.69, 9.17) is 0 Å². The molecule has 102 valence electrons. The van der Waals surface area contributed by atoms with Crippen molar-refractivity contribution in [2.45, 2.75) is 11.8 Å². The molecule has 1 aromatic carbocycles. The van der Waals surface area contributed by atoms with Gasteiger partial charge in [0, 0.05) is 35.7 Å². The van der Waals surface area contributed by atoms with Crippen molar-refractivity contribution in [2.24, 2.45) is 7.05 Å². The van der Waals surface area contributed by atoms with E-state index in [1.165, 1.54) is 12.1 Å². The Morgan fingerprint density at radius 1 is 1.21 bits per heavy atom. The zero-order chi connectivity index (χ0) is 13.9. The smallest absolute Gasteiger partial charge is 0.123 e. The molecule has 0 atom stereocenters. The molecule has 1 heterocycles. The van der Waals surface area contributed by atoms with Gasteiger partial charge in [-0.25, -0.2) is 4.39 Å². The van der Waals surface area contributed by atoms with Gasteiger partial charge in [-0.1, -0.05) is 49.2 Å². The molecule has 0 saturated heterocycles. The summed E-state index contributed by atoms with van der Waals surface area (Å²) in [7, 11) is 1.85. The minimum Gasteiger partial charge on any atom is -0.255 e. The van der Waals surface area contributed by atoms with Crippen LogP contribution in [0.4, 0.5) is 4.39 Å². The highest BCUT2D eigenvalue weighted by atomic mass is 79.9. The van der Waals surface area contributed by atoms with Gasteiger partial charge in [0.25, 0.3) is 0 Å². The number of aromatic nitrogens is 3. The Kier molecular flexibility index (Phi) is 4.73.